The Kier molecular flexibility index (Phi) is 8.39. The molecule has 6 heteroatoms. The van der Waals surface area contributed by atoms with Crippen molar-refractivity contribution in [3.63, 3.8) is 0 Å². The van der Waals surface area contributed by atoms with Crippen molar-refractivity contribution in [2.45, 2.75) is 44.6 Å². The highest BCUT2D eigenvalue weighted by Crippen LogP contribution is 2.17. The van der Waals surface area contributed by atoms with Gasteiger partial charge >= 0.3 is 5.97 Å². The molecule has 1 aliphatic rings. The van der Waals surface area contributed by atoms with Gasteiger partial charge in [0.1, 0.15) is 0 Å². The fourth-order valence-corrected chi connectivity index (χ4v) is 2.82. The maximum absolute atomic E-state index is 11.8. The molecular weight excluding hydrogens is 332 g/mol. The summed E-state index contributed by atoms with van der Waals surface area (Å²) in [6.07, 6.45) is 8.59. The first kappa shape index (κ1) is 19.7. The van der Waals surface area contributed by atoms with Gasteiger partial charge < -0.3 is 15.4 Å². The summed E-state index contributed by atoms with van der Waals surface area (Å²) in [6.45, 7) is -0.0990. The topological polar surface area (TPSA) is 84.5 Å². The molecular formula is C20H26N2O4. The molecule has 2 N–H and O–H groups in total. The molecule has 0 atom stereocenters. The fourth-order valence-electron chi connectivity index (χ4n) is 2.82. The predicted octanol–water partition coefficient (Wildman–Crippen LogP) is 2.20. The molecule has 0 saturated heterocycles. The van der Waals surface area contributed by atoms with Crippen LogP contribution in [0.3, 0.4) is 0 Å². The third-order valence-corrected chi connectivity index (χ3v) is 4.19. The molecule has 0 radical (unpaired) electrons. The summed E-state index contributed by atoms with van der Waals surface area (Å²) in [7, 11) is 0. The summed E-state index contributed by atoms with van der Waals surface area (Å²) in [4.78, 5) is 35.1. The second-order valence-corrected chi connectivity index (χ2v) is 6.35. The Balaban J connectivity index is 1.56. The first-order valence-electron chi connectivity index (χ1n) is 9.09. The molecule has 2 amide bonds. The number of esters is 1. The maximum Gasteiger partial charge on any atom is 0.308 e. The third kappa shape index (κ3) is 7.96. The van der Waals surface area contributed by atoms with Gasteiger partial charge in [0, 0.05) is 18.7 Å². The minimum atomic E-state index is -0.504. The molecule has 1 aromatic rings. The highest BCUT2D eigenvalue weighted by molar-refractivity contribution is 5.91. The first-order valence-corrected chi connectivity index (χ1v) is 9.09. The van der Waals surface area contributed by atoms with Gasteiger partial charge in [0.05, 0.1) is 6.42 Å². The van der Waals surface area contributed by atoms with E-state index in [1.807, 2.05) is 30.3 Å². The quantitative estimate of drug-likeness (QED) is 0.551. The van der Waals surface area contributed by atoms with Crippen molar-refractivity contribution >= 4 is 23.9 Å². The largest absolute Gasteiger partial charge is 0.456 e. The summed E-state index contributed by atoms with van der Waals surface area (Å²) >= 11 is 0. The average Bonchev–Trinajstić information content (AvgIpc) is 2.66. The Morgan fingerprint density at radius 2 is 1.81 bits per heavy atom. The van der Waals surface area contributed by atoms with E-state index in [1.54, 1.807) is 6.08 Å². The molecule has 0 spiro atoms. The second-order valence-electron chi connectivity index (χ2n) is 6.35. The lowest BCUT2D eigenvalue weighted by Crippen LogP contribution is -2.38. The van der Waals surface area contributed by atoms with Crippen LogP contribution in [-0.2, 0) is 19.1 Å². The van der Waals surface area contributed by atoms with E-state index >= 15 is 0 Å². The zero-order chi connectivity index (χ0) is 18.6. The van der Waals surface area contributed by atoms with Crippen molar-refractivity contribution in [1.82, 2.24) is 10.6 Å². The normalized spacial score (nSPS) is 14.8. The van der Waals surface area contributed by atoms with Crippen molar-refractivity contribution in [2.24, 2.45) is 0 Å². The van der Waals surface area contributed by atoms with Gasteiger partial charge in [0.15, 0.2) is 6.61 Å². The maximum atomic E-state index is 11.8. The van der Waals surface area contributed by atoms with Crippen LogP contribution in [-0.4, -0.2) is 37.0 Å². The first-order chi connectivity index (χ1) is 12.6. The minimum absolute atomic E-state index is 0.0294. The van der Waals surface area contributed by atoms with Crippen molar-refractivity contribution in [3.05, 3.63) is 42.0 Å². The van der Waals surface area contributed by atoms with Gasteiger partial charge in [-0.2, -0.15) is 0 Å². The van der Waals surface area contributed by atoms with Crippen LogP contribution in [0.4, 0.5) is 0 Å². The molecule has 1 aromatic carbocycles. The Hall–Kier alpha value is -2.63. The van der Waals surface area contributed by atoms with Crippen LogP contribution in [0.1, 0.15) is 44.1 Å². The standard InChI is InChI=1S/C20H26N2O4/c23-18(12-11-16-7-3-1-4-8-16)21-14-13-20(25)26-15-19(24)22-17-9-5-2-6-10-17/h1,3-4,7-8,11-12,17H,2,5-6,9-10,13-15H2,(H,21,23)(H,22,24)/b12-11+. The zero-order valence-electron chi connectivity index (χ0n) is 14.9. The Morgan fingerprint density at radius 1 is 1.08 bits per heavy atom. The summed E-state index contributed by atoms with van der Waals surface area (Å²) < 4.78 is 4.94. The number of rotatable bonds is 8. The summed E-state index contributed by atoms with van der Waals surface area (Å²) in [6, 6.07) is 9.65. The second kappa shape index (κ2) is 11.1. The van der Waals surface area contributed by atoms with E-state index in [1.165, 1.54) is 12.5 Å². The Labute approximate surface area is 154 Å². The molecule has 0 bridgehead atoms. The number of amides is 2. The van der Waals surface area contributed by atoms with Gasteiger partial charge in [0.25, 0.3) is 5.91 Å². The number of ether oxygens (including phenoxy) is 1. The zero-order valence-corrected chi connectivity index (χ0v) is 14.9. The molecule has 1 fully saturated rings. The van der Waals surface area contributed by atoms with Crippen molar-refractivity contribution in [1.29, 1.82) is 0 Å². The Morgan fingerprint density at radius 3 is 2.54 bits per heavy atom. The molecule has 6 nitrogen and oxygen atoms in total. The van der Waals surface area contributed by atoms with Crippen molar-refractivity contribution in [2.75, 3.05) is 13.2 Å². The number of hydrogen-bond acceptors (Lipinski definition) is 4. The average molecular weight is 358 g/mol. The number of benzene rings is 1. The number of carbonyl (C=O) groups excluding carboxylic acids is 3. The lowest BCUT2D eigenvalue weighted by molar-refractivity contribution is -0.148. The Bertz CT molecular complexity index is 622. The van der Waals surface area contributed by atoms with Gasteiger partial charge in [-0.25, -0.2) is 0 Å². The van der Waals surface area contributed by atoms with E-state index in [-0.39, 0.29) is 37.4 Å². The van der Waals surface area contributed by atoms with E-state index in [9.17, 15) is 14.4 Å². The van der Waals surface area contributed by atoms with Crippen LogP contribution >= 0.6 is 0 Å². The highest BCUT2D eigenvalue weighted by Gasteiger charge is 2.16. The van der Waals surface area contributed by atoms with Gasteiger partial charge in [-0.3, -0.25) is 14.4 Å². The van der Waals surface area contributed by atoms with Crippen LogP contribution in [0.2, 0.25) is 0 Å². The molecule has 0 unspecified atom stereocenters. The van der Waals surface area contributed by atoms with E-state index in [2.05, 4.69) is 10.6 Å². The summed E-state index contributed by atoms with van der Waals surface area (Å²) in [5.74, 6) is -1.05. The minimum Gasteiger partial charge on any atom is -0.456 e. The monoisotopic (exact) mass is 358 g/mol. The molecule has 1 saturated carbocycles. The van der Waals surface area contributed by atoms with Gasteiger partial charge in [-0.15, -0.1) is 0 Å². The molecule has 0 heterocycles. The van der Waals surface area contributed by atoms with E-state index in [4.69, 9.17) is 4.74 Å². The summed E-state index contributed by atoms with van der Waals surface area (Å²) in [5.41, 5.74) is 0.922. The summed E-state index contributed by atoms with van der Waals surface area (Å²) in [5, 5.41) is 5.50. The van der Waals surface area contributed by atoms with Crippen LogP contribution in [0, 0.1) is 0 Å². The lowest BCUT2D eigenvalue weighted by Gasteiger charge is -2.22. The smallest absolute Gasteiger partial charge is 0.308 e. The molecule has 1 aliphatic carbocycles. The molecule has 26 heavy (non-hydrogen) atoms. The number of carbonyl (C=O) groups is 3. The van der Waals surface area contributed by atoms with Gasteiger partial charge in [-0.05, 0) is 24.5 Å². The van der Waals surface area contributed by atoms with Crippen molar-refractivity contribution in [3.8, 4) is 0 Å². The van der Waals surface area contributed by atoms with E-state index in [0.717, 1.165) is 31.2 Å². The molecule has 140 valence electrons. The van der Waals surface area contributed by atoms with Crippen LogP contribution in [0.25, 0.3) is 6.08 Å². The van der Waals surface area contributed by atoms with Crippen LogP contribution in [0.5, 0.6) is 0 Å². The molecule has 0 aliphatic heterocycles. The van der Waals surface area contributed by atoms with Crippen LogP contribution in [0.15, 0.2) is 36.4 Å². The fraction of sp³-hybridized carbons (Fsp3) is 0.450. The van der Waals surface area contributed by atoms with Gasteiger partial charge in [0.2, 0.25) is 5.91 Å². The number of nitrogens with one attached hydrogen (secondary N) is 2. The number of hydrogen-bond donors (Lipinski definition) is 2. The molecule has 2 rings (SSSR count). The highest BCUT2D eigenvalue weighted by atomic mass is 16.5. The predicted molar refractivity (Wildman–Crippen MR) is 99.1 cm³/mol. The molecule has 0 aromatic heterocycles. The van der Waals surface area contributed by atoms with E-state index < -0.39 is 5.97 Å². The van der Waals surface area contributed by atoms with E-state index in [0.29, 0.717) is 0 Å². The third-order valence-electron chi connectivity index (χ3n) is 4.19. The SMILES string of the molecule is O=C(/C=C/c1ccccc1)NCCC(=O)OCC(=O)NC1CCCCC1. The van der Waals surface area contributed by atoms with Gasteiger partial charge in [-0.1, -0.05) is 49.6 Å². The van der Waals surface area contributed by atoms with Crippen LogP contribution < -0.4 is 10.6 Å². The lowest BCUT2D eigenvalue weighted by atomic mass is 9.95. The van der Waals surface area contributed by atoms with Crippen molar-refractivity contribution < 1.29 is 19.1 Å².